The van der Waals surface area contributed by atoms with E-state index >= 15 is 0 Å². The predicted molar refractivity (Wildman–Crippen MR) is 228 cm³/mol. The lowest BCUT2D eigenvalue weighted by atomic mass is 9.71. The summed E-state index contributed by atoms with van der Waals surface area (Å²) in [6.07, 6.45) is 6.63. The van der Waals surface area contributed by atoms with E-state index < -0.39 is 5.60 Å². The lowest BCUT2D eigenvalue weighted by Gasteiger charge is -2.39. The van der Waals surface area contributed by atoms with E-state index in [9.17, 15) is 0 Å². The molecule has 0 saturated heterocycles. The molecule has 1 spiro atoms. The van der Waals surface area contributed by atoms with Gasteiger partial charge in [0.05, 0.1) is 35.5 Å². The van der Waals surface area contributed by atoms with Crippen molar-refractivity contribution in [2.75, 3.05) is 35.5 Å². The summed E-state index contributed by atoms with van der Waals surface area (Å²) in [5, 5.41) is 2.09. The molecule has 1 saturated carbocycles. The number of methoxy groups -OCH3 is 5. The van der Waals surface area contributed by atoms with Gasteiger partial charge in [0.25, 0.3) is 0 Å². The molecule has 57 heavy (non-hydrogen) atoms. The van der Waals surface area contributed by atoms with Crippen LogP contribution in [-0.4, -0.2) is 35.5 Å². The maximum Gasteiger partial charge on any atom is 0.178 e. The third kappa shape index (κ3) is 5.29. The fourth-order valence-corrected chi connectivity index (χ4v) is 10.2. The SMILES string of the molecule is COc1ccc(C2(c3ccc(OC)cc3)C=Cc3c4c(c5cc(OC)c(-c6ccc(OC)cc6OC)cc5c3O2)-c2ccccc2C42CC(C)(C)C(C)(C)C2)cc1. The first-order valence-corrected chi connectivity index (χ1v) is 19.7. The highest BCUT2D eigenvalue weighted by Crippen LogP contribution is 2.70. The number of hydrogen-bond donors (Lipinski definition) is 0. The summed E-state index contributed by atoms with van der Waals surface area (Å²) in [5.74, 6) is 4.55. The van der Waals surface area contributed by atoms with E-state index in [1.807, 2.05) is 42.5 Å². The van der Waals surface area contributed by atoms with E-state index in [4.69, 9.17) is 28.4 Å². The lowest BCUT2D eigenvalue weighted by Crippen LogP contribution is -2.35. The lowest BCUT2D eigenvalue weighted by molar-refractivity contribution is 0.157. The standard InChI is InChI=1S/C51H50O6/c1-48(2)29-50(30-49(48,3)4)42-13-11-10-12-37(42)45-40-28-44(56-9)39(36-23-22-35(54-7)26-43(36)55-8)27-41(40)47-38(46(45)50)24-25-51(57-47,31-14-18-33(52-5)19-15-31)32-16-20-34(53-6)21-17-32/h10-28H,29-30H2,1-9H3. The van der Waals surface area contributed by atoms with Gasteiger partial charge >= 0.3 is 0 Å². The van der Waals surface area contributed by atoms with Crippen LogP contribution in [0.1, 0.15) is 68.4 Å². The van der Waals surface area contributed by atoms with Gasteiger partial charge in [-0.3, -0.25) is 0 Å². The summed E-state index contributed by atoms with van der Waals surface area (Å²) in [6, 6.07) is 35.8. The topological polar surface area (TPSA) is 55.4 Å². The van der Waals surface area contributed by atoms with Crippen molar-refractivity contribution in [1.82, 2.24) is 0 Å². The summed E-state index contributed by atoms with van der Waals surface area (Å²) in [6.45, 7) is 9.77. The smallest absolute Gasteiger partial charge is 0.178 e. The van der Waals surface area contributed by atoms with Gasteiger partial charge in [0, 0.05) is 44.7 Å². The maximum atomic E-state index is 7.78. The molecule has 0 unspecified atom stereocenters. The van der Waals surface area contributed by atoms with Crippen LogP contribution in [0.5, 0.6) is 34.5 Å². The van der Waals surface area contributed by atoms with Crippen LogP contribution in [0.2, 0.25) is 0 Å². The Hall–Kier alpha value is -5.88. The predicted octanol–water partition coefficient (Wildman–Crippen LogP) is 12.0. The molecule has 1 fully saturated rings. The Morgan fingerprint density at radius 2 is 1.09 bits per heavy atom. The Kier molecular flexibility index (Phi) is 8.44. The van der Waals surface area contributed by atoms with Crippen molar-refractivity contribution < 1.29 is 28.4 Å². The Balaban J connectivity index is 1.41. The van der Waals surface area contributed by atoms with E-state index in [1.54, 1.807) is 35.5 Å². The van der Waals surface area contributed by atoms with Crippen molar-refractivity contribution in [2.45, 2.75) is 51.6 Å². The molecule has 0 aromatic heterocycles. The minimum atomic E-state index is -0.975. The van der Waals surface area contributed by atoms with E-state index in [-0.39, 0.29) is 16.2 Å². The Bertz CT molecular complexity index is 2510. The van der Waals surface area contributed by atoms with Crippen LogP contribution in [-0.2, 0) is 11.0 Å². The van der Waals surface area contributed by atoms with Gasteiger partial charge in [-0.25, -0.2) is 0 Å². The van der Waals surface area contributed by atoms with Gasteiger partial charge in [0.15, 0.2) is 5.60 Å². The van der Waals surface area contributed by atoms with Crippen molar-refractivity contribution in [3.8, 4) is 56.8 Å². The molecular weight excluding hydrogens is 709 g/mol. The number of fused-ring (bicyclic) bond motifs is 10. The van der Waals surface area contributed by atoms with Crippen LogP contribution >= 0.6 is 0 Å². The van der Waals surface area contributed by atoms with Crippen molar-refractivity contribution in [1.29, 1.82) is 0 Å². The minimum absolute atomic E-state index is 0.0746. The number of rotatable bonds is 8. The van der Waals surface area contributed by atoms with E-state index in [1.165, 1.54) is 22.3 Å². The number of hydrogen-bond acceptors (Lipinski definition) is 6. The van der Waals surface area contributed by atoms with Crippen LogP contribution in [0.15, 0.2) is 109 Å². The molecule has 6 nitrogen and oxygen atoms in total. The molecule has 1 aliphatic heterocycles. The van der Waals surface area contributed by atoms with Crippen molar-refractivity contribution in [2.24, 2.45) is 10.8 Å². The molecule has 0 N–H and O–H groups in total. The van der Waals surface area contributed by atoms with Gasteiger partial charge in [-0.2, -0.15) is 0 Å². The first-order valence-electron chi connectivity index (χ1n) is 19.7. The molecule has 6 heteroatoms. The molecule has 0 amide bonds. The fraction of sp³-hybridized carbons (Fsp3) is 0.294. The average molecular weight is 759 g/mol. The summed E-state index contributed by atoms with van der Waals surface area (Å²) in [4.78, 5) is 0. The molecule has 0 bridgehead atoms. The summed E-state index contributed by atoms with van der Waals surface area (Å²) in [7, 11) is 8.48. The third-order valence-electron chi connectivity index (χ3n) is 13.6. The van der Waals surface area contributed by atoms with Gasteiger partial charge < -0.3 is 28.4 Å². The molecule has 0 radical (unpaired) electrons. The molecular formula is C51H50O6. The zero-order valence-corrected chi connectivity index (χ0v) is 34.3. The second-order valence-electron chi connectivity index (χ2n) is 17.0. The molecule has 3 aliphatic rings. The van der Waals surface area contributed by atoms with Crippen LogP contribution in [0.25, 0.3) is 39.1 Å². The first kappa shape index (κ1) is 36.7. The van der Waals surface area contributed by atoms with E-state index in [2.05, 4.69) is 101 Å². The average Bonchev–Trinajstić information content (AvgIpc) is 3.62. The molecule has 0 atom stereocenters. The van der Waals surface area contributed by atoms with Crippen molar-refractivity contribution in [3.05, 3.63) is 137 Å². The number of ether oxygens (including phenoxy) is 6. The first-order chi connectivity index (χ1) is 27.4. The summed E-state index contributed by atoms with van der Waals surface area (Å²) in [5.41, 5.74) is 9.10. The Morgan fingerprint density at radius 1 is 0.526 bits per heavy atom. The fourth-order valence-electron chi connectivity index (χ4n) is 10.2. The van der Waals surface area contributed by atoms with Gasteiger partial charge in [-0.05, 0) is 106 Å². The normalized spacial score (nSPS) is 17.4. The molecule has 6 aromatic rings. The van der Waals surface area contributed by atoms with Crippen molar-refractivity contribution in [3.63, 3.8) is 0 Å². The molecule has 290 valence electrons. The van der Waals surface area contributed by atoms with Crippen molar-refractivity contribution >= 4 is 16.8 Å². The van der Waals surface area contributed by atoms with Gasteiger partial charge in [-0.15, -0.1) is 0 Å². The highest BCUT2D eigenvalue weighted by atomic mass is 16.5. The largest absolute Gasteiger partial charge is 0.497 e. The molecule has 2 aliphatic carbocycles. The monoisotopic (exact) mass is 758 g/mol. The van der Waals surface area contributed by atoms with Gasteiger partial charge in [-0.1, -0.05) is 82.3 Å². The van der Waals surface area contributed by atoms with Gasteiger partial charge in [0.2, 0.25) is 0 Å². The van der Waals surface area contributed by atoms with Crippen LogP contribution in [0.3, 0.4) is 0 Å². The zero-order chi connectivity index (χ0) is 39.9. The Morgan fingerprint density at radius 3 is 1.67 bits per heavy atom. The van der Waals surface area contributed by atoms with Gasteiger partial charge in [0.1, 0.15) is 34.5 Å². The molecule has 6 aromatic carbocycles. The zero-order valence-electron chi connectivity index (χ0n) is 34.3. The van der Waals surface area contributed by atoms with E-state index in [0.29, 0.717) is 11.5 Å². The second kappa shape index (κ2) is 13.1. The minimum Gasteiger partial charge on any atom is -0.497 e. The van der Waals surface area contributed by atoms with Crippen LogP contribution < -0.4 is 28.4 Å². The van der Waals surface area contributed by atoms with Crippen LogP contribution in [0, 0.1) is 10.8 Å². The summed E-state index contributed by atoms with van der Waals surface area (Å²) >= 11 is 0. The number of benzene rings is 6. The second-order valence-corrected chi connectivity index (χ2v) is 17.0. The molecule has 1 heterocycles. The highest BCUT2D eigenvalue weighted by molar-refractivity contribution is 6.11. The van der Waals surface area contributed by atoms with Crippen LogP contribution in [0.4, 0.5) is 0 Å². The quantitative estimate of drug-likeness (QED) is 0.154. The van der Waals surface area contributed by atoms with E-state index in [0.717, 1.165) is 74.4 Å². The summed E-state index contributed by atoms with van der Waals surface area (Å²) < 4.78 is 36.9. The third-order valence-corrected chi connectivity index (χ3v) is 13.6. The Labute approximate surface area is 336 Å². The maximum absolute atomic E-state index is 7.78. The highest BCUT2D eigenvalue weighted by Gasteiger charge is 2.60. The molecule has 9 rings (SSSR count).